The highest BCUT2D eigenvalue weighted by Gasteiger charge is 2.28. The Balaban J connectivity index is 1.18. The highest BCUT2D eigenvalue weighted by molar-refractivity contribution is 6.39. The molecule has 0 bridgehead atoms. The van der Waals surface area contributed by atoms with Crippen LogP contribution in [0.1, 0.15) is 5.56 Å². The van der Waals surface area contributed by atoms with E-state index in [-0.39, 0.29) is 0 Å². The van der Waals surface area contributed by atoms with Gasteiger partial charge in [-0.25, -0.2) is 15.0 Å². The Kier molecular flexibility index (Phi) is 7.04. The van der Waals surface area contributed by atoms with Gasteiger partial charge in [0.25, 0.3) is 0 Å². The van der Waals surface area contributed by atoms with E-state index >= 15 is 0 Å². The topological polar surface area (TPSA) is 61.7 Å². The van der Waals surface area contributed by atoms with Crippen LogP contribution >= 0.6 is 0 Å². The zero-order chi connectivity index (χ0) is 38.3. The van der Waals surface area contributed by atoms with Crippen LogP contribution in [-0.2, 0) is 0 Å². The van der Waals surface area contributed by atoms with Gasteiger partial charge >= 0.3 is 0 Å². The first kappa shape index (κ1) is 32.4. The molecular weight excluding hydrogens is 711 g/mol. The van der Waals surface area contributed by atoms with E-state index in [1.54, 1.807) is 0 Å². The molecule has 272 valence electrons. The summed E-state index contributed by atoms with van der Waals surface area (Å²) in [6.45, 7) is 2.17. The van der Waals surface area contributed by atoms with Gasteiger partial charge in [-0.2, -0.15) is 0 Å². The zero-order valence-corrected chi connectivity index (χ0v) is 31.5. The molecule has 0 aliphatic heterocycles. The molecule has 0 aliphatic carbocycles. The Morgan fingerprint density at radius 3 is 1.57 bits per heavy atom. The first-order valence-corrected chi connectivity index (χ1v) is 19.5. The number of rotatable bonds is 5. The van der Waals surface area contributed by atoms with Crippen molar-refractivity contribution in [3.8, 4) is 45.5 Å². The third-order valence-electron chi connectivity index (χ3n) is 11.5. The van der Waals surface area contributed by atoms with Crippen molar-refractivity contribution < 1.29 is 4.42 Å². The lowest BCUT2D eigenvalue weighted by Gasteiger charge is -2.14. The Morgan fingerprint density at radius 1 is 0.414 bits per heavy atom. The number of aromatic nitrogens is 5. The largest absolute Gasteiger partial charge is 0.454 e. The Bertz CT molecular complexity index is 3510. The summed E-state index contributed by atoms with van der Waals surface area (Å²) in [6, 6.07) is 63.4. The second-order valence-corrected chi connectivity index (χ2v) is 14.8. The molecular formula is C52H33N5O. The van der Waals surface area contributed by atoms with E-state index in [0.29, 0.717) is 17.5 Å². The molecule has 8 aromatic carbocycles. The second-order valence-electron chi connectivity index (χ2n) is 14.8. The number of hydrogen-bond donors (Lipinski definition) is 0. The van der Waals surface area contributed by atoms with Crippen LogP contribution < -0.4 is 0 Å². The Hall–Kier alpha value is -7.83. The maximum Gasteiger partial charge on any atom is 0.164 e. The molecule has 0 aliphatic rings. The van der Waals surface area contributed by atoms with Gasteiger partial charge in [0, 0.05) is 60.4 Å². The minimum absolute atomic E-state index is 0.623. The van der Waals surface area contributed by atoms with Gasteiger partial charge in [-0.1, -0.05) is 133 Å². The smallest absolute Gasteiger partial charge is 0.164 e. The van der Waals surface area contributed by atoms with E-state index in [1.165, 1.54) is 10.8 Å². The molecule has 12 aromatic rings. The van der Waals surface area contributed by atoms with Crippen molar-refractivity contribution in [3.05, 3.63) is 188 Å². The quantitative estimate of drug-likeness (QED) is 0.176. The monoisotopic (exact) mass is 743 g/mol. The molecule has 0 saturated heterocycles. The molecule has 58 heavy (non-hydrogen) atoms. The van der Waals surface area contributed by atoms with Crippen LogP contribution in [0.3, 0.4) is 0 Å². The first-order chi connectivity index (χ1) is 28.7. The normalized spacial score (nSPS) is 11.9. The zero-order valence-electron chi connectivity index (χ0n) is 31.5. The summed E-state index contributed by atoms with van der Waals surface area (Å²) in [4.78, 5) is 15.0. The lowest BCUT2D eigenvalue weighted by atomic mass is 10.0. The van der Waals surface area contributed by atoms with Crippen LogP contribution in [-0.4, -0.2) is 24.1 Å². The third-order valence-corrected chi connectivity index (χ3v) is 11.5. The molecule has 0 amide bonds. The lowest BCUT2D eigenvalue weighted by Crippen LogP contribution is -2.02. The average Bonchev–Trinajstić information content (AvgIpc) is 3.95. The minimum atomic E-state index is 0.623. The van der Waals surface area contributed by atoms with Crippen LogP contribution in [0.5, 0.6) is 0 Å². The number of aryl methyl sites for hydroxylation is 1. The molecule has 0 saturated carbocycles. The van der Waals surface area contributed by atoms with Gasteiger partial charge in [-0.3, -0.25) is 0 Å². The van der Waals surface area contributed by atoms with Crippen molar-refractivity contribution >= 4 is 65.6 Å². The summed E-state index contributed by atoms with van der Waals surface area (Å²) in [5.41, 5.74) is 12.2. The molecule has 0 unspecified atom stereocenters. The summed E-state index contributed by atoms with van der Waals surface area (Å²) < 4.78 is 11.9. The van der Waals surface area contributed by atoms with Crippen molar-refractivity contribution in [1.82, 2.24) is 24.1 Å². The maximum absolute atomic E-state index is 7.02. The lowest BCUT2D eigenvalue weighted by molar-refractivity contribution is 0.671. The van der Waals surface area contributed by atoms with E-state index in [0.717, 1.165) is 88.4 Å². The van der Waals surface area contributed by atoms with Gasteiger partial charge in [0.15, 0.2) is 23.1 Å². The molecule has 4 aromatic heterocycles. The molecule has 12 rings (SSSR count). The highest BCUT2D eigenvalue weighted by Crippen LogP contribution is 2.49. The average molecular weight is 744 g/mol. The third kappa shape index (κ3) is 4.75. The summed E-state index contributed by atoms with van der Waals surface area (Å²) in [6.07, 6.45) is 0. The standard InChI is InChI=1S/C52H33N5O/c1-32-31-35(52-54-50(33-17-5-2-6-18-33)53-51(55-52)34-19-7-3-8-20-34)29-30-40(32)57-42-27-15-12-24-38(42)46-47-44(45-39-25-13-16-28-43(39)58-49(45)48(46)57)37-23-11-14-26-41(37)56(47)36-21-9-4-10-22-36/h2-31H,1H3. The molecule has 0 N–H and O–H groups in total. The summed E-state index contributed by atoms with van der Waals surface area (Å²) in [5.74, 6) is 1.90. The highest BCUT2D eigenvalue weighted by atomic mass is 16.3. The van der Waals surface area contributed by atoms with E-state index < -0.39 is 0 Å². The van der Waals surface area contributed by atoms with Crippen LogP contribution in [0.25, 0.3) is 111 Å². The SMILES string of the molecule is Cc1cc(-c2nc(-c3ccccc3)nc(-c3ccccc3)n2)ccc1-n1c2ccccc2c2c1c1oc3ccccc3c1c1c3ccccc3n(-c3ccccc3)c12. The van der Waals surface area contributed by atoms with Gasteiger partial charge in [-0.15, -0.1) is 0 Å². The first-order valence-electron chi connectivity index (χ1n) is 19.5. The number of fused-ring (bicyclic) bond motifs is 12. The molecule has 0 fully saturated rings. The fourth-order valence-corrected chi connectivity index (χ4v) is 8.96. The van der Waals surface area contributed by atoms with Crippen molar-refractivity contribution in [2.24, 2.45) is 0 Å². The Morgan fingerprint density at radius 2 is 0.931 bits per heavy atom. The van der Waals surface area contributed by atoms with E-state index in [9.17, 15) is 0 Å². The predicted octanol–water partition coefficient (Wildman–Crippen LogP) is 13.3. The second kappa shape index (κ2) is 12.6. The fourth-order valence-electron chi connectivity index (χ4n) is 8.96. The van der Waals surface area contributed by atoms with Gasteiger partial charge in [0.1, 0.15) is 5.58 Å². The van der Waals surface area contributed by atoms with Gasteiger partial charge < -0.3 is 13.6 Å². The predicted molar refractivity (Wildman–Crippen MR) is 237 cm³/mol. The van der Waals surface area contributed by atoms with Crippen molar-refractivity contribution in [2.75, 3.05) is 0 Å². The van der Waals surface area contributed by atoms with Gasteiger partial charge in [0.2, 0.25) is 0 Å². The van der Waals surface area contributed by atoms with E-state index in [2.05, 4.69) is 137 Å². The number of hydrogen-bond acceptors (Lipinski definition) is 4. The van der Waals surface area contributed by atoms with Crippen LogP contribution in [0, 0.1) is 6.92 Å². The van der Waals surface area contributed by atoms with Crippen molar-refractivity contribution in [3.63, 3.8) is 0 Å². The van der Waals surface area contributed by atoms with E-state index in [1.807, 2.05) is 60.7 Å². The number of benzene rings is 8. The maximum atomic E-state index is 7.02. The molecule has 6 nitrogen and oxygen atoms in total. The van der Waals surface area contributed by atoms with Crippen LogP contribution in [0.4, 0.5) is 0 Å². The fraction of sp³-hybridized carbons (Fsp3) is 0.0192. The molecule has 0 atom stereocenters. The Labute approximate surface area is 332 Å². The van der Waals surface area contributed by atoms with Gasteiger partial charge in [-0.05, 0) is 61.0 Å². The van der Waals surface area contributed by atoms with Crippen LogP contribution in [0.2, 0.25) is 0 Å². The number of furan rings is 1. The van der Waals surface area contributed by atoms with Crippen LogP contribution in [0.15, 0.2) is 186 Å². The minimum Gasteiger partial charge on any atom is -0.454 e. The number of nitrogens with zero attached hydrogens (tertiary/aromatic N) is 5. The summed E-state index contributed by atoms with van der Waals surface area (Å²) in [7, 11) is 0. The molecule has 4 heterocycles. The summed E-state index contributed by atoms with van der Waals surface area (Å²) in [5, 5.41) is 6.92. The number of para-hydroxylation sites is 4. The molecule has 0 radical (unpaired) electrons. The molecule has 0 spiro atoms. The van der Waals surface area contributed by atoms with Gasteiger partial charge in [0.05, 0.1) is 22.1 Å². The summed E-state index contributed by atoms with van der Waals surface area (Å²) >= 11 is 0. The van der Waals surface area contributed by atoms with E-state index in [4.69, 9.17) is 19.4 Å². The van der Waals surface area contributed by atoms with Crippen molar-refractivity contribution in [1.29, 1.82) is 0 Å². The molecule has 6 heteroatoms. The van der Waals surface area contributed by atoms with Crippen molar-refractivity contribution in [2.45, 2.75) is 6.92 Å².